The average Bonchev–Trinajstić information content (AvgIpc) is 3.69. The first-order valence-electron chi connectivity index (χ1n) is 15.0. The number of aliphatic hydroxyl groups is 4. The number of carbonyl (C=O) groups is 1. The Bertz CT molecular complexity index is 1990. The summed E-state index contributed by atoms with van der Waals surface area (Å²) >= 11 is 1.20. The second-order valence-electron chi connectivity index (χ2n) is 11.4. The molecule has 10 atom stereocenters. The minimum Gasteiger partial charge on any atom is -0.397 e. The molecule has 10 N–H and O–H groups in total. The first kappa shape index (κ1) is 37.4. The van der Waals surface area contributed by atoms with Crippen LogP contribution < -0.4 is 16.0 Å². The summed E-state index contributed by atoms with van der Waals surface area (Å²) in [6.07, 6.45) is -7.99. The molecule has 0 radical (unpaired) electrons. The number of aromatic nitrogens is 4. The number of anilines is 1. The highest BCUT2D eigenvalue weighted by molar-refractivity contribution is 7.99. The lowest BCUT2D eigenvalue weighted by molar-refractivity contribution is -0.765. The molecular formula is C28H33N6O14P2S+. The number of carbonyl (C=O) groups excluding carboxylic acids is 1. The van der Waals surface area contributed by atoms with Crippen molar-refractivity contribution < 1.29 is 71.5 Å². The largest absolute Gasteiger partial charge is 0.481 e. The Morgan fingerprint density at radius 2 is 1.57 bits per heavy atom. The van der Waals surface area contributed by atoms with Crippen LogP contribution in [-0.2, 0) is 32.0 Å². The number of rotatable bonds is 13. The van der Waals surface area contributed by atoms with E-state index in [1.54, 1.807) is 0 Å². The Kier molecular flexibility index (Phi) is 10.9. The van der Waals surface area contributed by atoms with Crippen LogP contribution in [0.5, 0.6) is 0 Å². The average molecular weight is 772 g/mol. The summed E-state index contributed by atoms with van der Waals surface area (Å²) in [4.78, 5) is 41.5. The lowest BCUT2D eigenvalue weighted by Crippen LogP contribution is -2.46. The zero-order valence-corrected chi connectivity index (χ0v) is 28.7. The molecule has 5 heterocycles. The number of hydrogen-bond donors (Lipinski definition) is 8. The minimum atomic E-state index is -5.42. The molecule has 0 saturated carbocycles. The van der Waals surface area contributed by atoms with E-state index in [0.29, 0.717) is 10.7 Å². The SMILES string of the molecule is NC(=O)c1ccc[n+]([C@@H]2O[C@H](COP(=O)(O)OP(=O)(O)OC[C@H]3O[C@@H](n4c(Sc5ccccc5)nc5c(N)ccnc54)C(O)[C@H]3O)C(O)C2O)c1. The minimum absolute atomic E-state index is 0.0687. The summed E-state index contributed by atoms with van der Waals surface area (Å²) in [5.41, 5.74) is 12.2. The Morgan fingerprint density at radius 3 is 2.24 bits per heavy atom. The van der Waals surface area contributed by atoms with Crippen molar-refractivity contribution in [1.29, 1.82) is 0 Å². The normalized spacial score (nSPS) is 28.8. The summed E-state index contributed by atoms with van der Waals surface area (Å²) in [6, 6.07) is 13.5. The van der Waals surface area contributed by atoms with Gasteiger partial charge in [0.05, 0.1) is 18.9 Å². The number of phosphoric acid groups is 2. The fourth-order valence-corrected chi connectivity index (χ4v) is 8.41. The number of primary amides is 1. The van der Waals surface area contributed by atoms with Crippen molar-refractivity contribution in [2.45, 2.75) is 59.1 Å². The molecule has 0 bridgehead atoms. The van der Waals surface area contributed by atoms with Gasteiger partial charge < -0.3 is 51.2 Å². The van der Waals surface area contributed by atoms with Gasteiger partial charge in [0, 0.05) is 17.2 Å². The lowest BCUT2D eigenvalue weighted by Gasteiger charge is -2.20. The van der Waals surface area contributed by atoms with E-state index in [1.165, 1.54) is 57.7 Å². The van der Waals surface area contributed by atoms with Crippen LogP contribution in [0.2, 0.25) is 0 Å². The Hall–Kier alpha value is -3.37. The van der Waals surface area contributed by atoms with Crippen molar-refractivity contribution >= 4 is 50.2 Å². The maximum Gasteiger partial charge on any atom is 0.481 e. The van der Waals surface area contributed by atoms with Gasteiger partial charge in [-0.3, -0.25) is 18.4 Å². The molecule has 2 aliphatic rings. The first-order valence-corrected chi connectivity index (χ1v) is 18.8. The first-order chi connectivity index (χ1) is 24.1. The Balaban J connectivity index is 1.08. The standard InChI is InChI=1S/C28H32N6O14P2S/c29-16-8-9-31-25-19(16)32-28(51-15-6-2-1-3-7-15)34(25)27-23(38)21(36)18(47-27)13-45-50(42,43)48-49(40,41)44-12-17-20(35)22(37)26(46-17)33-10-4-5-14(11-33)24(30)39/h1-11,17-18,20-23,26-27,35-38H,12-13H2,(H5-,29,30,31,39,40,41,42,43)/p+1/t17-,18-,20?,21+,22?,23?,26-,27-/m1/s1. The third kappa shape index (κ3) is 8.17. The third-order valence-corrected chi connectivity index (χ3v) is 11.4. The summed E-state index contributed by atoms with van der Waals surface area (Å²) < 4.78 is 53.3. The highest BCUT2D eigenvalue weighted by Gasteiger charge is 2.50. The molecule has 1 amide bonds. The smallest absolute Gasteiger partial charge is 0.397 e. The number of imidazole rings is 1. The maximum absolute atomic E-state index is 12.7. The predicted molar refractivity (Wildman–Crippen MR) is 172 cm³/mol. The van der Waals surface area contributed by atoms with Gasteiger partial charge >= 0.3 is 15.6 Å². The second kappa shape index (κ2) is 14.9. The molecule has 0 aliphatic carbocycles. The molecule has 2 aliphatic heterocycles. The quantitative estimate of drug-likeness (QED) is 0.0641. The number of nitrogen functional groups attached to an aromatic ring is 1. The van der Waals surface area contributed by atoms with Crippen molar-refractivity contribution in [3.05, 3.63) is 72.7 Å². The monoisotopic (exact) mass is 771 g/mol. The van der Waals surface area contributed by atoms with E-state index in [9.17, 15) is 44.1 Å². The molecule has 23 heteroatoms. The van der Waals surface area contributed by atoms with E-state index in [2.05, 4.69) is 14.3 Å². The van der Waals surface area contributed by atoms with Crippen molar-refractivity contribution in [3.8, 4) is 0 Å². The van der Waals surface area contributed by atoms with Gasteiger partial charge in [-0.25, -0.2) is 19.1 Å². The number of benzene rings is 1. The molecule has 2 saturated heterocycles. The topological polar surface area (TPSA) is 305 Å². The highest BCUT2D eigenvalue weighted by atomic mass is 32.2. The predicted octanol–water partition coefficient (Wildman–Crippen LogP) is -0.260. The van der Waals surface area contributed by atoms with E-state index >= 15 is 0 Å². The van der Waals surface area contributed by atoms with E-state index in [1.807, 2.05) is 30.3 Å². The lowest BCUT2D eigenvalue weighted by atomic mass is 10.1. The third-order valence-electron chi connectivity index (χ3n) is 7.87. The molecule has 51 heavy (non-hydrogen) atoms. The number of pyridine rings is 2. The molecule has 3 aromatic heterocycles. The summed E-state index contributed by atoms with van der Waals surface area (Å²) in [5.74, 6) is -0.766. The summed E-state index contributed by atoms with van der Waals surface area (Å²) in [5, 5.41) is 43.0. The van der Waals surface area contributed by atoms with Crippen molar-refractivity contribution in [2.24, 2.45) is 5.73 Å². The Labute approximate surface area is 292 Å². The van der Waals surface area contributed by atoms with Gasteiger partial charge in [0.15, 0.2) is 35.5 Å². The van der Waals surface area contributed by atoms with Crippen molar-refractivity contribution in [1.82, 2.24) is 14.5 Å². The number of amides is 1. The summed E-state index contributed by atoms with van der Waals surface area (Å²) in [6.45, 7) is -1.82. The van der Waals surface area contributed by atoms with E-state index in [0.717, 1.165) is 4.90 Å². The molecular weight excluding hydrogens is 738 g/mol. The van der Waals surface area contributed by atoms with Gasteiger partial charge in [-0.05, 0) is 24.3 Å². The van der Waals surface area contributed by atoms with Gasteiger partial charge in [0.25, 0.3) is 12.1 Å². The van der Waals surface area contributed by atoms with Crippen LogP contribution in [0.3, 0.4) is 0 Å². The number of nitrogens with two attached hydrogens (primary N) is 2. The van der Waals surface area contributed by atoms with Crippen molar-refractivity contribution in [2.75, 3.05) is 18.9 Å². The molecule has 20 nitrogen and oxygen atoms in total. The van der Waals surface area contributed by atoms with Gasteiger partial charge in [0.2, 0.25) is 0 Å². The number of nitrogens with zero attached hydrogens (tertiary/aromatic N) is 4. The fraction of sp³-hybridized carbons (Fsp3) is 0.357. The molecule has 2 fully saturated rings. The van der Waals surface area contributed by atoms with Gasteiger partial charge in [0.1, 0.15) is 41.6 Å². The number of phosphoric ester groups is 2. The molecule has 274 valence electrons. The van der Waals surface area contributed by atoms with Crippen LogP contribution in [0, 0.1) is 0 Å². The summed E-state index contributed by atoms with van der Waals surface area (Å²) in [7, 11) is -10.8. The maximum atomic E-state index is 12.7. The second-order valence-corrected chi connectivity index (χ2v) is 15.4. The van der Waals surface area contributed by atoms with Gasteiger partial charge in [-0.1, -0.05) is 30.0 Å². The molecule has 1 aromatic carbocycles. The van der Waals surface area contributed by atoms with E-state index < -0.39 is 83.8 Å². The zero-order chi connectivity index (χ0) is 36.7. The van der Waals surface area contributed by atoms with Gasteiger partial charge in [-0.2, -0.15) is 8.88 Å². The van der Waals surface area contributed by atoms with E-state index in [4.69, 9.17) is 30.0 Å². The molecule has 6 rings (SSSR count). The number of fused-ring (bicyclic) bond motifs is 1. The Morgan fingerprint density at radius 1 is 0.922 bits per heavy atom. The number of hydrogen-bond acceptors (Lipinski definition) is 16. The van der Waals surface area contributed by atoms with Crippen LogP contribution >= 0.6 is 27.4 Å². The highest BCUT2D eigenvalue weighted by Crippen LogP contribution is 2.61. The van der Waals surface area contributed by atoms with Crippen LogP contribution in [0.4, 0.5) is 5.69 Å². The van der Waals surface area contributed by atoms with E-state index in [-0.39, 0.29) is 16.9 Å². The number of ether oxygens (including phenoxy) is 2. The zero-order valence-electron chi connectivity index (χ0n) is 26.1. The molecule has 4 aromatic rings. The molecule has 5 unspecified atom stereocenters. The van der Waals surface area contributed by atoms with Gasteiger partial charge in [-0.15, -0.1) is 0 Å². The molecule has 0 spiro atoms. The van der Waals surface area contributed by atoms with Crippen LogP contribution in [0.25, 0.3) is 11.2 Å². The van der Waals surface area contributed by atoms with Crippen LogP contribution in [0.1, 0.15) is 22.8 Å². The van der Waals surface area contributed by atoms with Crippen LogP contribution in [0.15, 0.2) is 77.2 Å². The fourth-order valence-electron chi connectivity index (χ4n) is 5.39. The number of aliphatic hydroxyl groups excluding tert-OH is 4. The van der Waals surface area contributed by atoms with Crippen LogP contribution in [-0.4, -0.2) is 100 Å². The van der Waals surface area contributed by atoms with Crippen molar-refractivity contribution in [3.63, 3.8) is 0 Å².